The smallest absolute Gasteiger partial charge is 0.129 e. The second-order valence-corrected chi connectivity index (χ2v) is 5.68. The van der Waals surface area contributed by atoms with Crippen molar-refractivity contribution in [3.8, 4) is 6.07 Å². The molecule has 0 unspecified atom stereocenters. The lowest BCUT2D eigenvalue weighted by molar-refractivity contribution is -0.106. The molecule has 1 saturated heterocycles. The molecule has 0 N–H and O–H groups in total. The van der Waals surface area contributed by atoms with Crippen molar-refractivity contribution in [2.45, 2.75) is 20.5 Å². The highest BCUT2D eigenvalue weighted by Gasteiger charge is 2.23. The van der Waals surface area contributed by atoms with Gasteiger partial charge in [-0.3, -0.25) is 0 Å². The Labute approximate surface area is 149 Å². The molecule has 0 atom stereocenters. The summed E-state index contributed by atoms with van der Waals surface area (Å²) < 4.78 is 4.93. The number of hydrogen-bond donors (Lipinski definition) is 0. The van der Waals surface area contributed by atoms with E-state index in [0.29, 0.717) is 12.2 Å². The van der Waals surface area contributed by atoms with Gasteiger partial charge in [0.05, 0.1) is 18.2 Å². The first-order valence-corrected chi connectivity index (χ1v) is 8.18. The maximum absolute atomic E-state index is 8.81. The van der Waals surface area contributed by atoms with E-state index in [1.807, 2.05) is 36.4 Å². The molecule has 3 rings (SSSR count). The van der Waals surface area contributed by atoms with Crippen LogP contribution < -0.4 is 4.90 Å². The Morgan fingerprint density at radius 2 is 1.96 bits per heavy atom. The van der Waals surface area contributed by atoms with Gasteiger partial charge in [0.15, 0.2) is 0 Å². The second-order valence-electron chi connectivity index (χ2n) is 5.68. The van der Waals surface area contributed by atoms with E-state index in [0.717, 1.165) is 31.1 Å². The van der Waals surface area contributed by atoms with Crippen LogP contribution in [0.5, 0.6) is 0 Å². The summed E-state index contributed by atoms with van der Waals surface area (Å²) >= 11 is 0. The minimum absolute atomic E-state index is 0.685. The van der Waals surface area contributed by atoms with Gasteiger partial charge in [-0.15, -0.1) is 0 Å². The summed E-state index contributed by atoms with van der Waals surface area (Å²) in [5.41, 5.74) is 1.91. The minimum Gasteiger partial charge on any atom is -0.380 e. The quantitative estimate of drug-likeness (QED) is 0.801. The number of anilines is 1. The lowest BCUT2D eigenvalue weighted by Crippen LogP contribution is -2.45. The normalized spacial score (nSPS) is 12.5. The maximum atomic E-state index is 8.81. The number of nitriles is 1. The Morgan fingerprint density at radius 3 is 2.48 bits per heavy atom. The standard InChI is InChI=1S/C10H11N3.C8H10O.C2H4O/c1-8-6-13(7-8)10-4-9(5-11)2-3-12-10;1-9-7-8-5-3-2-4-6-8;1-2-3/h2-4,8H,6-7H2,1H3;2-6H,7H2,1H3;2H,1H3. The summed E-state index contributed by atoms with van der Waals surface area (Å²) in [6, 6.07) is 15.8. The third-order valence-electron chi connectivity index (χ3n) is 3.42. The molecule has 1 aliphatic heterocycles. The van der Waals surface area contributed by atoms with E-state index in [-0.39, 0.29) is 0 Å². The number of ether oxygens (including phenoxy) is 1. The minimum atomic E-state index is 0.685. The van der Waals surface area contributed by atoms with Crippen LogP contribution in [0.25, 0.3) is 0 Å². The van der Waals surface area contributed by atoms with Gasteiger partial charge in [-0.05, 0) is 30.5 Å². The molecule has 0 bridgehead atoms. The average molecular weight is 339 g/mol. The Balaban J connectivity index is 0.000000228. The number of benzene rings is 1. The van der Waals surface area contributed by atoms with Crippen molar-refractivity contribution in [1.82, 2.24) is 4.98 Å². The number of carbonyl (C=O) groups is 1. The Morgan fingerprint density at radius 1 is 1.32 bits per heavy atom. The third kappa shape index (κ3) is 7.60. The predicted octanol–water partition coefficient (Wildman–Crippen LogP) is 3.45. The largest absolute Gasteiger partial charge is 0.380 e. The summed E-state index contributed by atoms with van der Waals surface area (Å²) in [6.45, 7) is 6.48. The number of pyridine rings is 1. The van der Waals surface area contributed by atoms with E-state index < -0.39 is 0 Å². The zero-order chi connectivity index (χ0) is 18.5. The molecule has 1 aromatic heterocycles. The predicted molar refractivity (Wildman–Crippen MR) is 99.2 cm³/mol. The number of methoxy groups -OCH3 is 1. The van der Waals surface area contributed by atoms with E-state index in [1.165, 1.54) is 12.5 Å². The van der Waals surface area contributed by atoms with Crippen molar-refractivity contribution >= 4 is 12.1 Å². The van der Waals surface area contributed by atoms with Gasteiger partial charge in [-0.1, -0.05) is 37.3 Å². The number of aromatic nitrogens is 1. The fourth-order valence-electron chi connectivity index (χ4n) is 2.29. The lowest BCUT2D eigenvalue weighted by Gasteiger charge is -2.38. The van der Waals surface area contributed by atoms with Gasteiger partial charge in [0.25, 0.3) is 0 Å². The van der Waals surface area contributed by atoms with Crippen molar-refractivity contribution in [2.24, 2.45) is 5.92 Å². The zero-order valence-corrected chi connectivity index (χ0v) is 15.1. The number of aldehydes is 1. The topological polar surface area (TPSA) is 66.2 Å². The van der Waals surface area contributed by atoms with Crippen LogP contribution in [0.2, 0.25) is 0 Å². The molecule has 5 heteroatoms. The molecule has 1 aromatic carbocycles. The van der Waals surface area contributed by atoms with Crippen LogP contribution >= 0.6 is 0 Å². The van der Waals surface area contributed by atoms with Gasteiger partial charge < -0.3 is 14.4 Å². The number of hydrogen-bond acceptors (Lipinski definition) is 5. The molecule has 0 saturated carbocycles. The number of rotatable bonds is 3. The number of carbonyl (C=O) groups excluding carboxylic acids is 1. The monoisotopic (exact) mass is 339 g/mol. The highest BCUT2D eigenvalue weighted by Crippen LogP contribution is 2.22. The molecule has 2 heterocycles. The van der Waals surface area contributed by atoms with E-state index in [1.54, 1.807) is 19.4 Å². The molecule has 0 amide bonds. The van der Waals surface area contributed by atoms with Crippen LogP contribution in [0.4, 0.5) is 5.82 Å². The highest BCUT2D eigenvalue weighted by molar-refractivity contribution is 5.46. The molecular weight excluding hydrogens is 314 g/mol. The third-order valence-corrected chi connectivity index (χ3v) is 3.42. The van der Waals surface area contributed by atoms with E-state index in [4.69, 9.17) is 14.8 Å². The Hall–Kier alpha value is -2.71. The first-order valence-electron chi connectivity index (χ1n) is 8.18. The van der Waals surface area contributed by atoms with E-state index in [2.05, 4.69) is 22.9 Å². The molecule has 5 nitrogen and oxygen atoms in total. The SMILES string of the molecule is CC1CN(c2cc(C#N)ccn2)C1.CC=O.COCc1ccccc1. The van der Waals surface area contributed by atoms with Crippen LogP contribution in [0, 0.1) is 17.2 Å². The van der Waals surface area contributed by atoms with Crippen molar-refractivity contribution in [3.63, 3.8) is 0 Å². The first kappa shape index (κ1) is 20.3. The number of nitrogens with zero attached hydrogens (tertiary/aromatic N) is 3. The maximum Gasteiger partial charge on any atom is 0.129 e. The Kier molecular flexibility index (Phi) is 9.57. The van der Waals surface area contributed by atoms with Crippen LogP contribution in [-0.4, -0.2) is 31.5 Å². The van der Waals surface area contributed by atoms with Crippen molar-refractivity contribution in [3.05, 3.63) is 59.8 Å². The fourth-order valence-corrected chi connectivity index (χ4v) is 2.29. The van der Waals surface area contributed by atoms with Crippen molar-refractivity contribution in [2.75, 3.05) is 25.1 Å². The van der Waals surface area contributed by atoms with Crippen molar-refractivity contribution < 1.29 is 9.53 Å². The molecule has 132 valence electrons. The fraction of sp³-hybridized carbons (Fsp3) is 0.350. The van der Waals surface area contributed by atoms with Gasteiger partial charge >= 0.3 is 0 Å². The molecular formula is C20H25N3O2. The van der Waals surface area contributed by atoms with Crippen LogP contribution in [-0.2, 0) is 16.1 Å². The summed E-state index contributed by atoms with van der Waals surface area (Å²) in [6.07, 6.45) is 2.44. The molecule has 2 aromatic rings. The van der Waals surface area contributed by atoms with Gasteiger partial charge in [0.1, 0.15) is 12.1 Å². The summed E-state index contributed by atoms with van der Waals surface area (Å²) in [7, 11) is 1.70. The zero-order valence-electron chi connectivity index (χ0n) is 15.1. The van der Waals surface area contributed by atoms with E-state index in [9.17, 15) is 0 Å². The average Bonchev–Trinajstić information content (AvgIpc) is 2.61. The lowest BCUT2D eigenvalue weighted by atomic mass is 10.0. The summed E-state index contributed by atoms with van der Waals surface area (Å²) in [5.74, 6) is 1.68. The summed E-state index contributed by atoms with van der Waals surface area (Å²) in [4.78, 5) is 15.2. The van der Waals surface area contributed by atoms with Gasteiger partial charge in [-0.2, -0.15) is 5.26 Å². The summed E-state index contributed by atoms with van der Waals surface area (Å²) in [5, 5.41) is 8.69. The van der Waals surface area contributed by atoms with Crippen LogP contribution in [0.3, 0.4) is 0 Å². The molecule has 0 aliphatic carbocycles. The molecule has 0 radical (unpaired) electrons. The second kappa shape index (κ2) is 11.8. The molecule has 0 spiro atoms. The highest BCUT2D eigenvalue weighted by atomic mass is 16.5. The van der Waals surface area contributed by atoms with Gasteiger partial charge in [-0.25, -0.2) is 4.98 Å². The molecule has 1 aliphatic rings. The van der Waals surface area contributed by atoms with Crippen molar-refractivity contribution in [1.29, 1.82) is 5.26 Å². The Bertz CT molecular complexity index is 662. The molecule has 25 heavy (non-hydrogen) atoms. The van der Waals surface area contributed by atoms with Gasteiger partial charge in [0.2, 0.25) is 0 Å². The van der Waals surface area contributed by atoms with Crippen LogP contribution in [0.15, 0.2) is 48.7 Å². The molecule has 1 fully saturated rings. The van der Waals surface area contributed by atoms with Crippen LogP contribution in [0.1, 0.15) is 25.0 Å². The van der Waals surface area contributed by atoms with E-state index >= 15 is 0 Å². The first-order chi connectivity index (χ1) is 12.1. The van der Waals surface area contributed by atoms with Gasteiger partial charge in [0, 0.05) is 26.4 Å².